The van der Waals surface area contributed by atoms with Crippen LogP contribution in [-0.4, -0.2) is 30.0 Å². The number of para-hydroxylation sites is 1. The summed E-state index contributed by atoms with van der Waals surface area (Å²) < 4.78 is 5.67. The standard InChI is InChI=1S/C21H25NO2.ClH/c1-4-22(5-2)16(3)15-21(17-11-7-6-8-12-17)18-13-9-10-14-19(18)24-20(21)23;/h6-14,16H,4-5,15H2,1-3H3;1H. The average molecular weight is 360 g/mol. The number of benzene rings is 2. The molecular weight excluding hydrogens is 334 g/mol. The Labute approximate surface area is 156 Å². The first-order valence-corrected chi connectivity index (χ1v) is 8.74. The number of fused-ring (bicyclic) bond motifs is 1. The molecule has 3 rings (SSSR count). The van der Waals surface area contributed by atoms with E-state index < -0.39 is 5.41 Å². The Morgan fingerprint density at radius 2 is 1.60 bits per heavy atom. The van der Waals surface area contributed by atoms with E-state index in [1.165, 1.54) is 0 Å². The molecule has 0 saturated carbocycles. The molecule has 0 amide bonds. The van der Waals surface area contributed by atoms with Crippen LogP contribution in [0.4, 0.5) is 0 Å². The maximum atomic E-state index is 13.0. The lowest BCUT2D eigenvalue weighted by Crippen LogP contribution is -2.43. The van der Waals surface area contributed by atoms with Gasteiger partial charge < -0.3 is 9.64 Å². The zero-order chi connectivity index (χ0) is 17.2. The van der Waals surface area contributed by atoms with Crippen molar-refractivity contribution in [3.63, 3.8) is 0 Å². The van der Waals surface area contributed by atoms with Crippen molar-refractivity contribution < 1.29 is 9.53 Å². The van der Waals surface area contributed by atoms with E-state index >= 15 is 0 Å². The molecule has 1 aliphatic heterocycles. The van der Waals surface area contributed by atoms with E-state index in [9.17, 15) is 4.79 Å². The molecule has 0 N–H and O–H groups in total. The van der Waals surface area contributed by atoms with Crippen molar-refractivity contribution in [3.8, 4) is 5.75 Å². The number of rotatable bonds is 6. The Kier molecular flexibility index (Phi) is 6.26. The van der Waals surface area contributed by atoms with Gasteiger partial charge in [-0.3, -0.25) is 4.79 Å². The highest BCUT2D eigenvalue weighted by atomic mass is 35.5. The maximum absolute atomic E-state index is 13.0. The number of ether oxygens (including phenoxy) is 1. The third-order valence-corrected chi connectivity index (χ3v) is 5.20. The Bertz CT molecular complexity index is 715. The summed E-state index contributed by atoms with van der Waals surface area (Å²) >= 11 is 0. The molecule has 2 unspecified atom stereocenters. The molecule has 0 spiro atoms. The summed E-state index contributed by atoms with van der Waals surface area (Å²) in [5, 5.41) is 0. The van der Waals surface area contributed by atoms with Crippen LogP contribution < -0.4 is 4.74 Å². The van der Waals surface area contributed by atoms with Crippen molar-refractivity contribution >= 4 is 18.4 Å². The molecule has 2 aromatic rings. The number of esters is 1. The summed E-state index contributed by atoms with van der Waals surface area (Å²) in [6, 6.07) is 18.2. The Morgan fingerprint density at radius 1 is 1.00 bits per heavy atom. The fourth-order valence-electron chi connectivity index (χ4n) is 3.93. The van der Waals surface area contributed by atoms with E-state index in [2.05, 4.69) is 25.7 Å². The molecule has 134 valence electrons. The van der Waals surface area contributed by atoms with Gasteiger partial charge in [-0.1, -0.05) is 62.4 Å². The molecule has 1 aliphatic rings. The minimum absolute atomic E-state index is 0. The molecule has 0 bridgehead atoms. The van der Waals surface area contributed by atoms with Crippen LogP contribution in [0.1, 0.15) is 38.3 Å². The zero-order valence-electron chi connectivity index (χ0n) is 15.1. The van der Waals surface area contributed by atoms with E-state index in [1.54, 1.807) is 0 Å². The Hall–Kier alpha value is -1.84. The van der Waals surface area contributed by atoms with E-state index in [0.29, 0.717) is 12.2 Å². The van der Waals surface area contributed by atoms with Gasteiger partial charge in [0.15, 0.2) is 0 Å². The topological polar surface area (TPSA) is 29.5 Å². The number of nitrogens with zero attached hydrogens (tertiary/aromatic N) is 1. The van der Waals surface area contributed by atoms with E-state index in [-0.39, 0.29) is 24.4 Å². The fourth-order valence-corrected chi connectivity index (χ4v) is 3.93. The molecule has 0 aromatic heterocycles. The molecule has 4 heteroatoms. The van der Waals surface area contributed by atoms with Crippen LogP contribution in [0.3, 0.4) is 0 Å². The number of halogens is 1. The lowest BCUT2D eigenvalue weighted by molar-refractivity contribution is -0.137. The lowest BCUT2D eigenvalue weighted by atomic mass is 9.71. The van der Waals surface area contributed by atoms with Crippen molar-refractivity contribution in [2.24, 2.45) is 0 Å². The molecule has 0 fully saturated rings. The van der Waals surface area contributed by atoms with Gasteiger partial charge >= 0.3 is 5.97 Å². The van der Waals surface area contributed by atoms with Gasteiger partial charge in [0.2, 0.25) is 0 Å². The van der Waals surface area contributed by atoms with Crippen LogP contribution in [0.25, 0.3) is 0 Å². The van der Waals surface area contributed by atoms with Crippen molar-refractivity contribution in [2.75, 3.05) is 13.1 Å². The molecule has 1 heterocycles. The number of carbonyl (C=O) groups is 1. The van der Waals surface area contributed by atoms with Gasteiger partial charge in [-0.2, -0.15) is 0 Å². The third kappa shape index (κ3) is 3.31. The molecule has 0 radical (unpaired) electrons. The van der Waals surface area contributed by atoms with Crippen molar-refractivity contribution in [1.29, 1.82) is 0 Å². The average Bonchev–Trinajstić information content (AvgIpc) is 2.89. The highest BCUT2D eigenvalue weighted by molar-refractivity contribution is 5.94. The van der Waals surface area contributed by atoms with Crippen LogP contribution in [0.2, 0.25) is 0 Å². The van der Waals surface area contributed by atoms with Gasteiger partial charge in [-0.05, 0) is 38.1 Å². The first-order valence-electron chi connectivity index (χ1n) is 8.74. The molecule has 2 aromatic carbocycles. The molecular formula is C21H26ClNO2. The summed E-state index contributed by atoms with van der Waals surface area (Å²) in [6.07, 6.45) is 0.717. The summed E-state index contributed by atoms with van der Waals surface area (Å²) in [4.78, 5) is 15.4. The van der Waals surface area contributed by atoms with Gasteiger partial charge in [0, 0.05) is 11.6 Å². The largest absolute Gasteiger partial charge is 0.425 e. The second-order valence-electron chi connectivity index (χ2n) is 6.43. The van der Waals surface area contributed by atoms with Crippen molar-refractivity contribution in [3.05, 3.63) is 65.7 Å². The predicted octanol–water partition coefficient (Wildman–Crippen LogP) is 4.43. The molecule has 0 saturated heterocycles. The highest BCUT2D eigenvalue weighted by Crippen LogP contribution is 2.47. The van der Waals surface area contributed by atoms with Crippen LogP contribution in [0.15, 0.2) is 54.6 Å². The summed E-state index contributed by atoms with van der Waals surface area (Å²) in [5.74, 6) is 0.534. The summed E-state index contributed by atoms with van der Waals surface area (Å²) in [7, 11) is 0. The Morgan fingerprint density at radius 3 is 2.24 bits per heavy atom. The number of hydrogen-bond acceptors (Lipinski definition) is 3. The van der Waals surface area contributed by atoms with Gasteiger partial charge in [-0.15, -0.1) is 12.4 Å². The number of carbonyl (C=O) groups excluding carboxylic acids is 1. The quantitative estimate of drug-likeness (QED) is 0.564. The highest BCUT2D eigenvalue weighted by Gasteiger charge is 2.51. The van der Waals surface area contributed by atoms with E-state index in [4.69, 9.17) is 4.74 Å². The van der Waals surface area contributed by atoms with Gasteiger partial charge in [0.05, 0.1) is 0 Å². The van der Waals surface area contributed by atoms with Crippen molar-refractivity contribution in [2.45, 2.75) is 38.6 Å². The number of hydrogen-bond donors (Lipinski definition) is 0. The monoisotopic (exact) mass is 359 g/mol. The fraction of sp³-hybridized carbons (Fsp3) is 0.381. The molecule has 0 aliphatic carbocycles. The maximum Gasteiger partial charge on any atom is 0.326 e. The second kappa shape index (κ2) is 8.03. The van der Waals surface area contributed by atoms with E-state index in [1.807, 2.05) is 54.6 Å². The van der Waals surface area contributed by atoms with Crippen LogP contribution in [0.5, 0.6) is 5.75 Å². The SMILES string of the molecule is CCN(CC)C(C)CC1(c2ccccc2)C(=O)Oc2ccccc21.Cl. The summed E-state index contributed by atoms with van der Waals surface area (Å²) in [5.41, 5.74) is 1.28. The first kappa shape index (κ1) is 19.5. The Balaban J connectivity index is 0.00000225. The molecule has 25 heavy (non-hydrogen) atoms. The second-order valence-corrected chi connectivity index (χ2v) is 6.43. The van der Waals surface area contributed by atoms with Crippen LogP contribution in [0, 0.1) is 0 Å². The van der Waals surface area contributed by atoms with Crippen LogP contribution >= 0.6 is 12.4 Å². The minimum atomic E-state index is -0.722. The first-order chi connectivity index (χ1) is 11.6. The van der Waals surface area contributed by atoms with E-state index in [0.717, 1.165) is 24.2 Å². The van der Waals surface area contributed by atoms with Gasteiger partial charge in [-0.25, -0.2) is 0 Å². The summed E-state index contributed by atoms with van der Waals surface area (Å²) in [6.45, 7) is 8.47. The normalized spacial score (nSPS) is 19.9. The van der Waals surface area contributed by atoms with Crippen LogP contribution in [-0.2, 0) is 10.2 Å². The third-order valence-electron chi connectivity index (χ3n) is 5.20. The minimum Gasteiger partial charge on any atom is -0.425 e. The van der Waals surface area contributed by atoms with Gasteiger partial charge in [0.25, 0.3) is 0 Å². The molecule has 2 atom stereocenters. The lowest BCUT2D eigenvalue weighted by Gasteiger charge is -2.34. The van der Waals surface area contributed by atoms with Crippen molar-refractivity contribution in [1.82, 2.24) is 4.90 Å². The zero-order valence-corrected chi connectivity index (χ0v) is 15.9. The molecule has 3 nitrogen and oxygen atoms in total. The van der Waals surface area contributed by atoms with Gasteiger partial charge in [0.1, 0.15) is 11.2 Å². The smallest absolute Gasteiger partial charge is 0.326 e. The predicted molar refractivity (Wildman–Crippen MR) is 104 cm³/mol.